The van der Waals surface area contributed by atoms with Gasteiger partial charge in [-0.25, -0.2) is 17.5 Å². The summed E-state index contributed by atoms with van der Waals surface area (Å²) in [6.45, 7) is 1.26. The molecule has 6 nitrogen and oxygen atoms in total. The first-order valence-corrected chi connectivity index (χ1v) is 8.98. The van der Waals surface area contributed by atoms with E-state index >= 15 is 0 Å². The monoisotopic (exact) mass is 386 g/mol. The molecule has 2 aromatic rings. The van der Waals surface area contributed by atoms with Gasteiger partial charge in [0.05, 0.1) is 24.2 Å². The standard InChI is InChI=1S/C16H16ClFN2O4S/c1-10-7-14(15(24-2)8-13(10)17)20-16(21)9-19-25(22,23)12-5-3-11(18)4-6-12/h3-8,19H,9H2,1-2H3,(H,20,21). The normalized spacial score (nSPS) is 11.2. The van der Waals surface area contributed by atoms with E-state index in [1.54, 1.807) is 19.1 Å². The summed E-state index contributed by atoms with van der Waals surface area (Å²) in [7, 11) is -2.50. The van der Waals surface area contributed by atoms with Gasteiger partial charge in [-0.15, -0.1) is 0 Å². The lowest BCUT2D eigenvalue weighted by molar-refractivity contribution is -0.115. The molecule has 25 heavy (non-hydrogen) atoms. The molecule has 0 spiro atoms. The third kappa shape index (κ3) is 4.91. The van der Waals surface area contributed by atoms with Crippen molar-refractivity contribution in [2.75, 3.05) is 19.0 Å². The van der Waals surface area contributed by atoms with Gasteiger partial charge in [0, 0.05) is 11.1 Å². The smallest absolute Gasteiger partial charge is 0.241 e. The number of ether oxygens (including phenoxy) is 1. The topological polar surface area (TPSA) is 84.5 Å². The molecule has 0 aromatic heterocycles. The van der Waals surface area contributed by atoms with E-state index in [-0.39, 0.29) is 4.90 Å². The third-order valence-electron chi connectivity index (χ3n) is 3.30. The molecule has 0 aliphatic carbocycles. The Morgan fingerprint density at radius 1 is 1.24 bits per heavy atom. The third-order valence-corrected chi connectivity index (χ3v) is 5.13. The van der Waals surface area contributed by atoms with Gasteiger partial charge in [-0.3, -0.25) is 4.79 Å². The van der Waals surface area contributed by atoms with Crippen molar-refractivity contribution in [2.45, 2.75) is 11.8 Å². The fourth-order valence-electron chi connectivity index (χ4n) is 1.98. The first kappa shape index (κ1) is 19.2. The number of sulfonamides is 1. The summed E-state index contributed by atoms with van der Waals surface area (Å²) in [5.74, 6) is -0.794. The van der Waals surface area contributed by atoms with Crippen LogP contribution >= 0.6 is 11.6 Å². The lowest BCUT2D eigenvalue weighted by Gasteiger charge is -2.13. The molecule has 0 bridgehead atoms. The molecule has 134 valence electrons. The van der Waals surface area contributed by atoms with Gasteiger partial charge in [-0.1, -0.05) is 11.6 Å². The molecule has 0 atom stereocenters. The van der Waals surface area contributed by atoms with Crippen molar-refractivity contribution in [3.05, 3.63) is 52.8 Å². The molecule has 0 saturated heterocycles. The van der Waals surface area contributed by atoms with E-state index in [1.165, 1.54) is 7.11 Å². The van der Waals surface area contributed by atoms with E-state index in [0.29, 0.717) is 16.5 Å². The van der Waals surface area contributed by atoms with Crippen molar-refractivity contribution in [3.8, 4) is 5.75 Å². The van der Waals surface area contributed by atoms with Crippen molar-refractivity contribution in [1.82, 2.24) is 4.72 Å². The predicted octanol–water partition coefficient (Wildman–Crippen LogP) is 2.71. The fourth-order valence-corrected chi connectivity index (χ4v) is 3.12. The number of hydrogen-bond donors (Lipinski definition) is 2. The van der Waals surface area contributed by atoms with E-state index < -0.39 is 28.3 Å². The number of hydrogen-bond acceptors (Lipinski definition) is 4. The highest BCUT2D eigenvalue weighted by atomic mass is 35.5. The first-order valence-electron chi connectivity index (χ1n) is 7.12. The Morgan fingerprint density at radius 3 is 2.48 bits per heavy atom. The van der Waals surface area contributed by atoms with E-state index in [2.05, 4.69) is 10.0 Å². The van der Waals surface area contributed by atoms with Crippen LogP contribution in [-0.4, -0.2) is 28.0 Å². The number of carbonyl (C=O) groups is 1. The van der Waals surface area contributed by atoms with Gasteiger partial charge in [0.25, 0.3) is 0 Å². The Labute approximate surface area is 150 Å². The van der Waals surface area contributed by atoms with Gasteiger partial charge < -0.3 is 10.1 Å². The van der Waals surface area contributed by atoms with E-state index in [9.17, 15) is 17.6 Å². The van der Waals surface area contributed by atoms with Gasteiger partial charge in [0.15, 0.2) is 0 Å². The lowest BCUT2D eigenvalue weighted by atomic mass is 10.2. The highest BCUT2D eigenvalue weighted by Crippen LogP contribution is 2.30. The highest BCUT2D eigenvalue weighted by Gasteiger charge is 2.16. The highest BCUT2D eigenvalue weighted by molar-refractivity contribution is 7.89. The molecule has 0 aliphatic rings. The number of carbonyl (C=O) groups excluding carboxylic acids is 1. The van der Waals surface area contributed by atoms with E-state index in [4.69, 9.17) is 16.3 Å². The molecule has 1 amide bonds. The number of anilines is 1. The van der Waals surface area contributed by atoms with E-state index in [0.717, 1.165) is 29.8 Å². The number of aryl methyl sites for hydroxylation is 1. The maximum atomic E-state index is 12.9. The van der Waals surface area contributed by atoms with Crippen LogP contribution in [-0.2, 0) is 14.8 Å². The number of methoxy groups -OCH3 is 1. The van der Waals surface area contributed by atoms with Crippen LogP contribution < -0.4 is 14.8 Å². The molecule has 0 saturated carbocycles. The largest absolute Gasteiger partial charge is 0.495 e. The van der Waals surface area contributed by atoms with Crippen molar-refractivity contribution in [1.29, 1.82) is 0 Å². The quantitative estimate of drug-likeness (QED) is 0.799. The number of nitrogens with one attached hydrogen (secondary N) is 2. The van der Waals surface area contributed by atoms with Crippen molar-refractivity contribution in [2.24, 2.45) is 0 Å². The van der Waals surface area contributed by atoms with Crippen molar-refractivity contribution >= 4 is 33.2 Å². The second-order valence-corrected chi connectivity index (χ2v) is 7.30. The molecule has 9 heteroatoms. The van der Waals surface area contributed by atoms with Crippen LogP contribution in [0.15, 0.2) is 41.3 Å². The Kier molecular flexibility index (Phi) is 5.99. The number of amides is 1. The average molecular weight is 387 g/mol. The summed E-state index contributed by atoms with van der Waals surface area (Å²) >= 11 is 5.99. The second kappa shape index (κ2) is 7.81. The fraction of sp³-hybridized carbons (Fsp3) is 0.188. The van der Waals surface area contributed by atoms with Gasteiger partial charge in [-0.05, 0) is 42.8 Å². The summed E-state index contributed by atoms with van der Waals surface area (Å²) < 4.78 is 44.3. The maximum Gasteiger partial charge on any atom is 0.241 e. The van der Waals surface area contributed by atoms with Crippen LogP contribution in [0.5, 0.6) is 5.75 Å². The minimum absolute atomic E-state index is 0.137. The zero-order chi connectivity index (χ0) is 18.6. The van der Waals surface area contributed by atoms with E-state index in [1.807, 2.05) is 0 Å². The molecule has 2 aromatic carbocycles. The summed E-state index contributed by atoms with van der Waals surface area (Å²) in [5, 5.41) is 3.03. The first-order chi connectivity index (χ1) is 11.7. The number of rotatable bonds is 6. The molecule has 0 heterocycles. The van der Waals surface area contributed by atoms with Crippen LogP contribution in [0, 0.1) is 12.7 Å². The van der Waals surface area contributed by atoms with Gasteiger partial charge in [0.1, 0.15) is 11.6 Å². The molecule has 0 aliphatic heterocycles. The van der Waals surface area contributed by atoms with Crippen LogP contribution in [0.2, 0.25) is 5.02 Å². The molecule has 2 rings (SSSR count). The summed E-state index contributed by atoms with van der Waals surface area (Å²) in [6.07, 6.45) is 0. The maximum absolute atomic E-state index is 12.9. The molecular weight excluding hydrogens is 371 g/mol. The molecule has 0 unspecified atom stereocenters. The van der Waals surface area contributed by atoms with Crippen LogP contribution in [0.25, 0.3) is 0 Å². The minimum Gasteiger partial charge on any atom is -0.495 e. The predicted molar refractivity (Wildman–Crippen MR) is 93.0 cm³/mol. The van der Waals surface area contributed by atoms with Crippen LogP contribution in [0.3, 0.4) is 0 Å². The van der Waals surface area contributed by atoms with Gasteiger partial charge >= 0.3 is 0 Å². The Hall–Kier alpha value is -2.16. The van der Waals surface area contributed by atoms with Crippen molar-refractivity contribution in [3.63, 3.8) is 0 Å². The Bertz CT molecular complexity index is 886. The summed E-state index contributed by atoms with van der Waals surface area (Å²) in [5.41, 5.74) is 1.10. The molecular formula is C16H16ClFN2O4S. The lowest BCUT2D eigenvalue weighted by Crippen LogP contribution is -2.33. The second-order valence-electron chi connectivity index (χ2n) is 5.13. The minimum atomic E-state index is -3.92. The Morgan fingerprint density at radius 2 is 1.88 bits per heavy atom. The van der Waals surface area contributed by atoms with Gasteiger partial charge in [-0.2, -0.15) is 0 Å². The van der Waals surface area contributed by atoms with Gasteiger partial charge in [0.2, 0.25) is 15.9 Å². The number of benzene rings is 2. The zero-order valence-corrected chi connectivity index (χ0v) is 15.0. The Balaban J connectivity index is 2.06. The summed E-state index contributed by atoms with van der Waals surface area (Å²) in [4.78, 5) is 11.9. The zero-order valence-electron chi connectivity index (χ0n) is 13.5. The SMILES string of the molecule is COc1cc(Cl)c(C)cc1NC(=O)CNS(=O)(=O)c1ccc(F)cc1. The molecule has 0 fully saturated rings. The molecule has 2 N–H and O–H groups in total. The summed E-state index contributed by atoms with van der Waals surface area (Å²) in [6, 6.07) is 7.44. The van der Waals surface area contributed by atoms with Crippen molar-refractivity contribution < 1.29 is 22.3 Å². The number of halogens is 2. The van der Waals surface area contributed by atoms with Crippen LogP contribution in [0.1, 0.15) is 5.56 Å². The molecule has 0 radical (unpaired) electrons. The average Bonchev–Trinajstić information content (AvgIpc) is 2.56. The van der Waals surface area contributed by atoms with Crippen LogP contribution in [0.4, 0.5) is 10.1 Å².